The highest BCUT2D eigenvalue weighted by Crippen LogP contribution is 2.23. The van der Waals surface area contributed by atoms with Gasteiger partial charge in [0.15, 0.2) is 0 Å². The number of carbonyl (C=O) groups excluding carboxylic acids is 1. The third-order valence-corrected chi connectivity index (χ3v) is 3.69. The number of aliphatic hydroxyl groups is 1. The topological polar surface area (TPSA) is 83.7 Å². The van der Waals surface area contributed by atoms with Crippen molar-refractivity contribution in [3.05, 3.63) is 39.9 Å². The second-order valence-electron chi connectivity index (χ2n) is 5.11. The number of likely N-dealkylation sites (tertiary alicyclic amines) is 1. The molecule has 0 spiro atoms. The fourth-order valence-electron chi connectivity index (χ4n) is 2.60. The number of amides is 1. The summed E-state index contributed by atoms with van der Waals surface area (Å²) < 4.78 is 0. The van der Waals surface area contributed by atoms with Crippen LogP contribution in [0.1, 0.15) is 36.5 Å². The minimum Gasteiger partial charge on any atom is -0.391 e. The maximum atomic E-state index is 12.4. The Balaban J connectivity index is 2.18. The summed E-state index contributed by atoms with van der Waals surface area (Å²) in [6.07, 6.45) is 2.13. The van der Waals surface area contributed by atoms with Crippen molar-refractivity contribution in [1.82, 2.24) is 4.90 Å². The standard InChI is InChI=1S/C14H18N2O4/c1-10(17)13-4-2-3-9-15(13)14(18)11-5-7-12(8-6-11)16(19)20/h5-8,10,13,17H,2-4,9H2,1H3. The highest BCUT2D eigenvalue weighted by Gasteiger charge is 2.30. The van der Waals surface area contributed by atoms with Gasteiger partial charge in [0.1, 0.15) is 0 Å². The average molecular weight is 278 g/mol. The summed E-state index contributed by atoms with van der Waals surface area (Å²) in [5.41, 5.74) is 0.385. The van der Waals surface area contributed by atoms with E-state index in [4.69, 9.17) is 0 Å². The summed E-state index contributed by atoms with van der Waals surface area (Å²) in [6, 6.07) is 5.41. The van der Waals surface area contributed by atoms with E-state index in [0.717, 1.165) is 19.3 Å². The van der Waals surface area contributed by atoms with Gasteiger partial charge in [0.2, 0.25) is 0 Å². The fourth-order valence-corrected chi connectivity index (χ4v) is 2.60. The largest absolute Gasteiger partial charge is 0.391 e. The molecular formula is C14H18N2O4. The number of hydrogen-bond acceptors (Lipinski definition) is 4. The summed E-state index contributed by atoms with van der Waals surface area (Å²) in [6.45, 7) is 2.30. The molecule has 6 nitrogen and oxygen atoms in total. The van der Waals surface area contributed by atoms with E-state index in [1.165, 1.54) is 24.3 Å². The van der Waals surface area contributed by atoms with Gasteiger partial charge in [0, 0.05) is 24.2 Å². The molecule has 1 aliphatic rings. The van der Waals surface area contributed by atoms with Gasteiger partial charge in [-0.3, -0.25) is 14.9 Å². The number of nitro groups is 1. The molecule has 6 heteroatoms. The molecule has 1 saturated heterocycles. The van der Waals surface area contributed by atoms with Gasteiger partial charge in [-0.15, -0.1) is 0 Å². The molecule has 0 aliphatic carbocycles. The van der Waals surface area contributed by atoms with Crippen LogP contribution in [-0.4, -0.2) is 39.5 Å². The summed E-state index contributed by atoms with van der Waals surface area (Å²) in [5.74, 6) is -0.175. The first-order valence-electron chi connectivity index (χ1n) is 6.74. The maximum Gasteiger partial charge on any atom is 0.269 e. The van der Waals surface area contributed by atoms with E-state index < -0.39 is 11.0 Å². The van der Waals surface area contributed by atoms with Crippen LogP contribution in [0.3, 0.4) is 0 Å². The lowest BCUT2D eigenvalue weighted by atomic mass is 9.97. The lowest BCUT2D eigenvalue weighted by Crippen LogP contribution is -2.48. The van der Waals surface area contributed by atoms with Gasteiger partial charge >= 0.3 is 0 Å². The van der Waals surface area contributed by atoms with E-state index in [-0.39, 0.29) is 17.6 Å². The second kappa shape index (κ2) is 6.00. The lowest BCUT2D eigenvalue weighted by Gasteiger charge is -2.37. The van der Waals surface area contributed by atoms with Gasteiger partial charge in [-0.1, -0.05) is 0 Å². The van der Waals surface area contributed by atoms with Gasteiger partial charge in [0.25, 0.3) is 11.6 Å². The Hall–Kier alpha value is -1.95. The van der Waals surface area contributed by atoms with Crippen molar-refractivity contribution in [3.63, 3.8) is 0 Å². The first-order chi connectivity index (χ1) is 9.50. The van der Waals surface area contributed by atoms with Crippen molar-refractivity contribution in [1.29, 1.82) is 0 Å². The number of piperidine rings is 1. The third-order valence-electron chi connectivity index (χ3n) is 3.69. The normalized spacial score (nSPS) is 20.5. The predicted molar refractivity (Wildman–Crippen MR) is 73.5 cm³/mol. The number of non-ortho nitro benzene ring substituents is 1. The number of benzene rings is 1. The van der Waals surface area contributed by atoms with Crippen LogP contribution in [0, 0.1) is 10.1 Å². The lowest BCUT2D eigenvalue weighted by molar-refractivity contribution is -0.384. The molecule has 0 radical (unpaired) electrons. The highest BCUT2D eigenvalue weighted by atomic mass is 16.6. The molecule has 1 amide bonds. The zero-order valence-corrected chi connectivity index (χ0v) is 11.4. The molecule has 1 N–H and O–H groups in total. The Morgan fingerprint density at radius 1 is 1.40 bits per heavy atom. The van der Waals surface area contributed by atoms with Crippen molar-refractivity contribution in [2.45, 2.75) is 38.3 Å². The Labute approximate surface area is 117 Å². The molecule has 1 heterocycles. The zero-order chi connectivity index (χ0) is 14.7. The molecule has 0 aromatic heterocycles. The van der Waals surface area contributed by atoms with Gasteiger partial charge in [-0.2, -0.15) is 0 Å². The molecule has 2 unspecified atom stereocenters. The molecule has 108 valence electrons. The molecule has 0 saturated carbocycles. The van der Waals surface area contributed by atoms with Crippen LogP contribution in [0.2, 0.25) is 0 Å². The Kier molecular flexibility index (Phi) is 4.34. The Bertz CT molecular complexity index is 498. The molecule has 2 rings (SSSR count). The molecule has 1 aromatic rings. The number of hydrogen-bond donors (Lipinski definition) is 1. The molecule has 0 bridgehead atoms. The van der Waals surface area contributed by atoms with Crippen molar-refractivity contribution >= 4 is 11.6 Å². The minimum absolute atomic E-state index is 0.0349. The van der Waals surface area contributed by atoms with Crippen LogP contribution in [0.25, 0.3) is 0 Å². The van der Waals surface area contributed by atoms with E-state index in [1.807, 2.05) is 0 Å². The summed E-state index contributed by atoms with van der Waals surface area (Å²) in [7, 11) is 0. The van der Waals surface area contributed by atoms with Crippen molar-refractivity contribution in [2.24, 2.45) is 0 Å². The van der Waals surface area contributed by atoms with E-state index >= 15 is 0 Å². The first-order valence-corrected chi connectivity index (χ1v) is 6.74. The summed E-state index contributed by atoms with van der Waals surface area (Å²) in [4.78, 5) is 24.2. The van der Waals surface area contributed by atoms with E-state index in [0.29, 0.717) is 12.1 Å². The third kappa shape index (κ3) is 2.96. The quantitative estimate of drug-likeness (QED) is 0.676. The van der Waals surface area contributed by atoms with Crippen LogP contribution in [0.5, 0.6) is 0 Å². The van der Waals surface area contributed by atoms with Gasteiger partial charge < -0.3 is 10.0 Å². The first kappa shape index (κ1) is 14.5. The molecule has 1 aromatic carbocycles. The van der Waals surface area contributed by atoms with Crippen molar-refractivity contribution in [3.8, 4) is 0 Å². The molecule has 20 heavy (non-hydrogen) atoms. The van der Waals surface area contributed by atoms with Crippen LogP contribution in [0.4, 0.5) is 5.69 Å². The van der Waals surface area contributed by atoms with Gasteiger partial charge in [-0.05, 0) is 38.3 Å². The number of rotatable bonds is 3. The molecule has 1 fully saturated rings. The number of aliphatic hydroxyl groups excluding tert-OH is 1. The average Bonchev–Trinajstić information content (AvgIpc) is 2.46. The SMILES string of the molecule is CC(O)C1CCCCN1C(=O)c1ccc([N+](=O)[O-])cc1. The second-order valence-corrected chi connectivity index (χ2v) is 5.11. The molecule has 2 atom stereocenters. The van der Waals surface area contributed by atoms with Gasteiger partial charge in [-0.25, -0.2) is 0 Å². The zero-order valence-electron chi connectivity index (χ0n) is 11.4. The van der Waals surface area contributed by atoms with Crippen LogP contribution in [0.15, 0.2) is 24.3 Å². The van der Waals surface area contributed by atoms with E-state index in [1.54, 1.807) is 11.8 Å². The van der Waals surface area contributed by atoms with Crippen LogP contribution >= 0.6 is 0 Å². The predicted octanol–water partition coefficient (Wildman–Crippen LogP) is 1.97. The van der Waals surface area contributed by atoms with Crippen LogP contribution < -0.4 is 0 Å². The van der Waals surface area contributed by atoms with E-state index in [9.17, 15) is 20.0 Å². The maximum absolute atomic E-state index is 12.4. The fraction of sp³-hybridized carbons (Fsp3) is 0.500. The Morgan fingerprint density at radius 3 is 2.60 bits per heavy atom. The minimum atomic E-state index is -0.572. The van der Waals surface area contributed by atoms with Crippen molar-refractivity contribution in [2.75, 3.05) is 6.54 Å². The summed E-state index contributed by atoms with van der Waals surface area (Å²) >= 11 is 0. The summed E-state index contributed by atoms with van der Waals surface area (Å²) in [5, 5.41) is 20.4. The van der Waals surface area contributed by atoms with Gasteiger partial charge in [0.05, 0.1) is 17.1 Å². The highest BCUT2D eigenvalue weighted by molar-refractivity contribution is 5.94. The number of carbonyl (C=O) groups is 1. The van der Waals surface area contributed by atoms with E-state index in [2.05, 4.69) is 0 Å². The molecular weight excluding hydrogens is 260 g/mol. The Morgan fingerprint density at radius 2 is 2.05 bits per heavy atom. The van der Waals surface area contributed by atoms with Crippen LogP contribution in [-0.2, 0) is 0 Å². The molecule has 1 aliphatic heterocycles. The van der Waals surface area contributed by atoms with Crippen molar-refractivity contribution < 1.29 is 14.8 Å². The monoisotopic (exact) mass is 278 g/mol. The number of nitro benzene ring substituents is 1. The smallest absolute Gasteiger partial charge is 0.269 e. The number of nitrogens with zero attached hydrogens (tertiary/aromatic N) is 2.